The van der Waals surface area contributed by atoms with E-state index in [2.05, 4.69) is 60.0 Å². The molecule has 7 rings (SSSR count). The summed E-state index contributed by atoms with van der Waals surface area (Å²) in [6.45, 7) is 4.61. The number of β-amino-alcohol motifs (C(OH)–C–C–N with tert-alkyl or cyclic N) is 1. The molecule has 4 aromatic rings. The van der Waals surface area contributed by atoms with Crippen molar-refractivity contribution in [2.45, 2.75) is 49.7 Å². The number of aliphatic hydroxyl groups excluding tert-OH is 1. The topological polar surface area (TPSA) is 139 Å². The molecule has 3 aromatic heterocycles. The lowest BCUT2D eigenvalue weighted by atomic mass is 9.88. The van der Waals surface area contributed by atoms with Crippen molar-refractivity contribution in [1.29, 1.82) is 0 Å². The number of aromatic nitrogens is 7. The lowest BCUT2D eigenvalue weighted by Crippen LogP contribution is -2.52. The van der Waals surface area contributed by atoms with Crippen molar-refractivity contribution in [1.82, 2.24) is 45.0 Å². The molecule has 1 unspecified atom stereocenters. The quantitative estimate of drug-likeness (QED) is 0.331. The Morgan fingerprint density at radius 1 is 1.12 bits per heavy atom. The molecule has 1 saturated carbocycles. The number of ether oxygens (including phenoxy) is 1. The van der Waals surface area contributed by atoms with Gasteiger partial charge in [0.1, 0.15) is 11.9 Å². The predicted octanol–water partition coefficient (Wildman–Crippen LogP) is 1.77. The first kappa shape index (κ1) is 25.7. The Hall–Kier alpha value is -4.26. The zero-order chi connectivity index (χ0) is 28.2. The van der Waals surface area contributed by atoms with E-state index < -0.39 is 6.10 Å². The number of tetrazole rings is 1. The minimum Gasteiger partial charge on any atom is -0.491 e. The van der Waals surface area contributed by atoms with Crippen molar-refractivity contribution in [2.24, 2.45) is 7.05 Å². The second-order valence-corrected chi connectivity index (χ2v) is 11.7. The largest absolute Gasteiger partial charge is 0.491 e. The minimum absolute atomic E-state index is 0.0741. The number of hydrogen-bond acceptors (Lipinski definition) is 9. The molecule has 13 heteroatoms. The Morgan fingerprint density at radius 2 is 1.90 bits per heavy atom. The third-order valence-electron chi connectivity index (χ3n) is 8.71. The van der Waals surface area contributed by atoms with Crippen LogP contribution in [0.25, 0.3) is 5.65 Å². The van der Waals surface area contributed by atoms with Crippen molar-refractivity contribution >= 4 is 17.6 Å². The van der Waals surface area contributed by atoms with Gasteiger partial charge in [0.05, 0.1) is 31.9 Å². The lowest BCUT2D eigenvalue weighted by molar-refractivity contribution is 0.121. The van der Waals surface area contributed by atoms with Gasteiger partial charge in [-0.15, -0.1) is 10.2 Å². The Labute approximate surface area is 237 Å². The van der Waals surface area contributed by atoms with Gasteiger partial charge in [-0.2, -0.15) is 4.80 Å². The van der Waals surface area contributed by atoms with Gasteiger partial charge in [-0.3, -0.25) is 0 Å². The second-order valence-electron chi connectivity index (χ2n) is 11.7. The number of benzene rings is 1. The van der Waals surface area contributed by atoms with Crippen LogP contribution in [0.4, 0.5) is 10.7 Å². The molecular formula is C28H34N10O3. The number of fused-ring (bicyclic) bond motifs is 1. The molecule has 41 heavy (non-hydrogen) atoms. The first-order chi connectivity index (χ1) is 19.8. The van der Waals surface area contributed by atoms with Gasteiger partial charge in [-0.1, -0.05) is 35.4 Å². The molecule has 1 spiro atoms. The smallest absolute Gasteiger partial charge is 0.318 e. The van der Waals surface area contributed by atoms with Gasteiger partial charge in [-0.25, -0.2) is 14.3 Å². The summed E-state index contributed by atoms with van der Waals surface area (Å²) >= 11 is 0. The SMILES string of the molecule is Cc1cc(OCC2(c3ccccc3)CC2)cn2nc(C(O)CN3CC4(CCN(c5nnn(C)n5)CC4)NC3=O)nc12. The molecule has 1 aromatic carbocycles. The van der Waals surface area contributed by atoms with E-state index >= 15 is 0 Å². The Balaban J connectivity index is 0.995. The van der Waals surface area contributed by atoms with Crippen LogP contribution in [-0.2, 0) is 12.5 Å². The Morgan fingerprint density at radius 3 is 2.61 bits per heavy atom. The highest BCUT2D eigenvalue weighted by Crippen LogP contribution is 2.48. The van der Waals surface area contributed by atoms with Crippen LogP contribution in [0.15, 0.2) is 42.6 Å². The second kappa shape index (κ2) is 9.68. The van der Waals surface area contributed by atoms with Crippen LogP contribution in [0.2, 0.25) is 0 Å². The highest BCUT2D eigenvalue weighted by Gasteiger charge is 2.46. The number of urea groups is 1. The van der Waals surface area contributed by atoms with Crippen molar-refractivity contribution in [3.8, 4) is 5.75 Å². The average Bonchev–Trinajstić information content (AvgIpc) is 3.26. The number of carbonyl (C=O) groups excluding carboxylic acids is 1. The summed E-state index contributed by atoms with van der Waals surface area (Å²) in [5.74, 6) is 1.60. The number of rotatable bonds is 8. The van der Waals surface area contributed by atoms with Crippen LogP contribution in [0, 0.1) is 6.92 Å². The van der Waals surface area contributed by atoms with Gasteiger partial charge in [0, 0.05) is 25.0 Å². The first-order valence-corrected chi connectivity index (χ1v) is 14.1. The summed E-state index contributed by atoms with van der Waals surface area (Å²) in [5, 5.41) is 31.1. The third-order valence-corrected chi connectivity index (χ3v) is 8.71. The number of amides is 2. The number of nitrogens with zero attached hydrogens (tertiary/aromatic N) is 9. The molecule has 3 fully saturated rings. The maximum atomic E-state index is 12.9. The van der Waals surface area contributed by atoms with E-state index in [0.29, 0.717) is 43.6 Å². The summed E-state index contributed by atoms with van der Waals surface area (Å²) < 4.78 is 7.90. The van der Waals surface area contributed by atoms with E-state index in [1.54, 1.807) is 16.5 Å². The zero-order valence-electron chi connectivity index (χ0n) is 23.3. The minimum atomic E-state index is -1.02. The number of aliphatic hydroxyl groups is 1. The van der Waals surface area contributed by atoms with Crippen molar-refractivity contribution in [3.63, 3.8) is 0 Å². The van der Waals surface area contributed by atoms with Crippen molar-refractivity contribution in [2.75, 3.05) is 37.7 Å². The van der Waals surface area contributed by atoms with Crippen molar-refractivity contribution in [3.05, 3.63) is 59.5 Å². The molecule has 2 saturated heterocycles. The number of pyridine rings is 1. The summed E-state index contributed by atoms with van der Waals surface area (Å²) in [4.78, 5) is 22.7. The predicted molar refractivity (Wildman–Crippen MR) is 149 cm³/mol. The molecule has 2 amide bonds. The number of anilines is 1. The van der Waals surface area contributed by atoms with Gasteiger partial charge >= 0.3 is 6.03 Å². The number of aryl methyl sites for hydroxylation is 2. The normalized spacial score (nSPS) is 20.0. The summed E-state index contributed by atoms with van der Waals surface area (Å²) in [6, 6.07) is 12.3. The Bertz CT molecular complexity index is 1570. The van der Waals surface area contributed by atoms with Gasteiger partial charge in [0.25, 0.3) is 5.95 Å². The molecular weight excluding hydrogens is 524 g/mol. The molecule has 0 radical (unpaired) electrons. The maximum Gasteiger partial charge on any atom is 0.318 e. The summed E-state index contributed by atoms with van der Waals surface area (Å²) in [6.07, 6.45) is 4.52. The highest BCUT2D eigenvalue weighted by molar-refractivity contribution is 5.78. The maximum absolute atomic E-state index is 12.9. The van der Waals surface area contributed by atoms with Crippen LogP contribution in [0.1, 0.15) is 48.7 Å². The van der Waals surface area contributed by atoms with Gasteiger partial charge in [0.2, 0.25) is 0 Å². The third kappa shape index (κ3) is 4.83. The highest BCUT2D eigenvalue weighted by atomic mass is 16.5. The van der Waals surface area contributed by atoms with E-state index in [1.807, 2.05) is 25.3 Å². The molecule has 13 nitrogen and oxygen atoms in total. The van der Waals surface area contributed by atoms with Crippen LogP contribution in [0.5, 0.6) is 5.75 Å². The summed E-state index contributed by atoms with van der Waals surface area (Å²) in [7, 11) is 1.74. The molecule has 1 aliphatic carbocycles. The lowest BCUT2D eigenvalue weighted by Gasteiger charge is -2.38. The van der Waals surface area contributed by atoms with E-state index in [9.17, 15) is 9.90 Å². The summed E-state index contributed by atoms with van der Waals surface area (Å²) in [5.41, 5.74) is 2.60. The monoisotopic (exact) mass is 558 g/mol. The average molecular weight is 559 g/mol. The van der Waals surface area contributed by atoms with Crippen LogP contribution in [-0.4, -0.2) is 89.2 Å². The molecule has 2 aliphatic heterocycles. The molecule has 3 aliphatic rings. The molecule has 1 atom stereocenters. The fraction of sp³-hybridized carbons (Fsp3) is 0.500. The van der Waals surface area contributed by atoms with E-state index in [-0.39, 0.29) is 29.4 Å². The first-order valence-electron chi connectivity index (χ1n) is 14.1. The van der Waals surface area contributed by atoms with Gasteiger partial charge < -0.3 is 25.0 Å². The van der Waals surface area contributed by atoms with E-state index in [0.717, 1.165) is 31.2 Å². The molecule has 2 N–H and O–H groups in total. The fourth-order valence-corrected chi connectivity index (χ4v) is 6.07. The molecule has 5 heterocycles. The fourth-order valence-electron chi connectivity index (χ4n) is 6.07. The number of hydrogen-bond donors (Lipinski definition) is 2. The number of carbonyl (C=O) groups is 1. The number of nitrogens with one attached hydrogen (secondary N) is 1. The zero-order valence-corrected chi connectivity index (χ0v) is 23.3. The van der Waals surface area contributed by atoms with E-state index in [1.165, 1.54) is 10.4 Å². The van der Waals surface area contributed by atoms with Crippen molar-refractivity contribution < 1.29 is 14.6 Å². The van der Waals surface area contributed by atoms with Gasteiger partial charge in [-0.05, 0) is 55.0 Å². The van der Waals surface area contributed by atoms with E-state index in [4.69, 9.17) is 4.74 Å². The molecule has 214 valence electrons. The Kier molecular flexibility index (Phi) is 6.07. The van der Waals surface area contributed by atoms with Crippen LogP contribution >= 0.6 is 0 Å². The van der Waals surface area contributed by atoms with Crippen LogP contribution < -0.4 is 15.0 Å². The number of piperidine rings is 1. The van der Waals surface area contributed by atoms with Gasteiger partial charge in [0.15, 0.2) is 11.5 Å². The molecule has 0 bridgehead atoms. The standard InChI is InChI=1S/C28H34N10O3/c1-19-14-21(41-18-27(8-9-27)20-6-4-3-5-7-20)15-38-24(19)29-23(32-38)22(39)16-37-17-28(30-26(37)40)10-12-36(13-11-28)25-31-34-35(2)33-25/h3-7,14-15,22,39H,8-13,16-18H2,1-2H3,(H,30,40). The van der Waals surface area contributed by atoms with Crippen LogP contribution in [0.3, 0.4) is 0 Å².